The molecule has 1 amide bonds. The van der Waals surface area contributed by atoms with E-state index in [9.17, 15) is 14.4 Å². The summed E-state index contributed by atoms with van der Waals surface area (Å²) in [4.78, 5) is 40.7. The van der Waals surface area contributed by atoms with Crippen molar-refractivity contribution < 1.29 is 23.9 Å². The number of hydrogen-bond donors (Lipinski definition) is 0. The number of rotatable bonds is 9. The third kappa shape index (κ3) is 6.89. The minimum atomic E-state index is -0.906. The normalized spacial score (nSPS) is 17.2. The molecule has 2 unspecified atom stereocenters. The number of carbonyl (C=O) groups excluding carboxylic acids is 3. The molecule has 206 valence electrons. The number of para-hydroxylation sites is 1. The van der Waals surface area contributed by atoms with Gasteiger partial charge >= 0.3 is 6.09 Å². The van der Waals surface area contributed by atoms with Crippen molar-refractivity contribution in [2.24, 2.45) is 11.8 Å². The second kappa shape index (κ2) is 11.9. The number of aryl methyl sites for hydroxylation is 3. The second-order valence-corrected chi connectivity index (χ2v) is 12.4. The standard InChI is InChI=1S/C31H34ClNO5S/c1-19-15-22(16-20(2)29(19)38-31(4,5)21(3)34)11-12-23-17-33(30(36)37-24-9-7-6-8-10-24)18-25(23)28(35)26-13-14-27(32)39-26/h6-10,13-16,23,25H,11-12,17-18H2,1-5H3. The van der Waals surface area contributed by atoms with E-state index >= 15 is 0 Å². The molecule has 6 nitrogen and oxygen atoms in total. The van der Waals surface area contributed by atoms with Gasteiger partial charge in [-0.2, -0.15) is 0 Å². The Morgan fingerprint density at radius 2 is 1.69 bits per heavy atom. The van der Waals surface area contributed by atoms with Gasteiger partial charge in [0.1, 0.15) is 11.5 Å². The number of ether oxygens (including phenoxy) is 2. The van der Waals surface area contributed by atoms with Gasteiger partial charge in [0.05, 0.1) is 9.21 Å². The minimum absolute atomic E-state index is 0.00878. The molecule has 0 saturated carbocycles. The summed E-state index contributed by atoms with van der Waals surface area (Å²) in [5.74, 6) is 0.788. The summed E-state index contributed by atoms with van der Waals surface area (Å²) < 4.78 is 12.2. The van der Waals surface area contributed by atoms with Crippen molar-refractivity contribution in [1.29, 1.82) is 0 Å². The molecule has 0 N–H and O–H groups in total. The summed E-state index contributed by atoms with van der Waals surface area (Å²) in [6.45, 7) is 9.77. The van der Waals surface area contributed by atoms with Gasteiger partial charge in [0.2, 0.25) is 0 Å². The summed E-state index contributed by atoms with van der Waals surface area (Å²) in [6.07, 6.45) is 1.01. The molecule has 2 heterocycles. The molecule has 1 aliphatic rings. The Balaban J connectivity index is 1.50. The fourth-order valence-electron chi connectivity index (χ4n) is 4.92. The van der Waals surface area contributed by atoms with Gasteiger partial charge in [-0.1, -0.05) is 41.9 Å². The quantitative estimate of drug-likeness (QED) is 0.253. The molecular weight excluding hydrogens is 534 g/mol. The molecule has 39 heavy (non-hydrogen) atoms. The molecule has 1 aliphatic heterocycles. The highest BCUT2D eigenvalue weighted by Gasteiger charge is 2.40. The number of benzene rings is 2. The van der Waals surface area contributed by atoms with Gasteiger partial charge in [0.15, 0.2) is 17.2 Å². The van der Waals surface area contributed by atoms with Crippen LogP contribution in [0.3, 0.4) is 0 Å². The molecule has 0 spiro atoms. The van der Waals surface area contributed by atoms with E-state index in [0.29, 0.717) is 28.1 Å². The summed E-state index contributed by atoms with van der Waals surface area (Å²) in [5, 5.41) is 0. The van der Waals surface area contributed by atoms with Crippen LogP contribution in [0.1, 0.15) is 53.6 Å². The molecular formula is C31H34ClNO5S. The number of nitrogens with zero attached hydrogens (tertiary/aromatic N) is 1. The van der Waals surface area contributed by atoms with Crippen LogP contribution in [0.2, 0.25) is 4.34 Å². The second-order valence-electron chi connectivity index (χ2n) is 10.7. The van der Waals surface area contributed by atoms with Crippen LogP contribution in [0.5, 0.6) is 11.5 Å². The topological polar surface area (TPSA) is 72.9 Å². The third-order valence-corrected chi connectivity index (χ3v) is 8.58. The van der Waals surface area contributed by atoms with Crippen molar-refractivity contribution in [2.75, 3.05) is 13.1 Å². The SMILES string of the molecule is CC(=O)C(C)(C)Oc1c(C)cc(CCC2CN(C(=O)Oc3ccccc3)CC2C(=O)c2ccc(Cl)s2)cc1C. The van der Waals surface area contributed by atoms with Gasteiger partial charge in [0, 0.05) is 19.0 Å². The average molecular weight is 568 g/mol. The fourth-order valence-corrected chi connectivity index (χ4v) is 5.96. The first-order valence-corrected chi connectivity index (χ1v) is 14.3. The predicted molar refractivity (Wildman–Crippen MR) is 154 cm³/mol. The zero-order chi connectivity index (χ0) is 28.3. The molecule has 1 aromatic heterocycles. The van der Waals surface area contributed by atoms with Crippen molar-refractivity contribution in [3.63, 3.8) is 0 Å². The summed E-state index contributed by atoms with van der Waals surface area (Å²) in [7, 11) is 0. The van der Waals surface area contributed by atoms with Gasteiger partial charge in [-0.15, -0.1) is 11.3 Å². The average Bonchev–Trinajstić information content (AvgIpc) is 3.52. The lowest BCUT2D eigenvalue weighted by atomic mass is 9.86. The molecule has 2 atom stereocenters. The highest BCUT2D eigenvalue weighted by Crippen LogP contribution is 2.35. The lowest BCUT2D eigenvalue weighted by Gasteiger charge is -2.26. The third-order valence-electron chi connectivity index (χ3n) is 7.33. The zero-order valence-corrected chi connectivity index (χ0v) is 24.5. The fraction of sp³-hybridized carbons (Fsp3) is 0.387. The predicted octanol–water partition coefficient (Wildman–Crippen LogP) is 7.33. The summed E-state index contributed by atoms with van der Waals surface area (Å²) >= 11 is 7.38. The molecule has 0 aliphatic carbocycles. The van der Waals surface area contributed by atoms with Crippen molar-refractivity contribution in [3.05, 3.63) is 80.5 Å². The first-order chi connectivity index (χ1) is 18.4. The zero-order valence-electron chi connectivity index (χ0n) is 23.0. The van der Waals surface area contributed by atoms with Crippen LogP contribution in [0.15, 0.2) is 54.6 Å². The molecule has 4 rings (SSSR count). The van der Waals surface area contributed by atoms with Crippen LogP contribution in [0.4, 0.5) is 4.79 Å². The number of hydrogen-bond acceptors (Lipinski definition) is 6. The van der Waals surface area contributed by atoms with Gasteiger partial charge in [-0.05, 0) is 94.3 Å². The molecule has 1 fully saturated rings. The van der Waals surface area contributed by atoms with Gasteiger partial charge in [-0.25, -0.2) is 4.79 Å². The van der Waals surface area contributed by atoms with E-state index in [1.54, 1.807) is 43.0 Å². The Labute approximate surface area is 238 Å². The Bertz CT molecular complexity index is 1340. The Morgan fingerprint density at radius 3 is 2.28 bits per heavy atom. The van der Waals surface area contributed by atoms with E-state index in [0.717, 1.165) is 35.3 Å². The van der Waals surface area contributed by atoms with Crippen molar-refractivity contribution in [1.82, 2.24) is 4.90 Å². The Kier molecular flexibility index (Phi) is 8.82. The van der Waals surface area contributed by atoms with Crippen molar-refractivity contribution in [3.8, 4) is 11.5 Å². The molecule has 0 radical (unpaired) electrons. The molecule has 3 aromatic rings. The lowest BCUT2D eigenvalue weighted by molar-refractivity contribution is -0.129. The maximum Gasteiger partial charge on any atom is 0.415 e. The number of Topliss-reactive ketones (excluding diaryl/α,β-unsaturated/α-hetero) is 2. The van der Waals surface area contributed by atoms with E-state index in [1.165, 1.54) is 18.3 Å². The monoisotopic (exact) mass is 567 g/mol. The van der Waals surface area contributed by atoms with Crippen LogP contribution in [-0.4, -0.2) is 41.3 Å². The summed E-state index contributed by atoms with van der Waals surface area (Å²) in [5.41, 5.74) is 2.13. The van der Waals surface area contributed by atoms with E-state index in [4.69, 9.17) is 21.1 Å². The van der Waals surface area contributed by atoms with Gasteiger partial charge < -0.3 is 14.4 Å². The van der Waals surface area contributed by atoms with Crippen molar-refractivity contribution >= 4 is 40.6 Å². The highest BCUT2D eigenvalue weighted by molar-refractivity contribution is 7.18. The van der Waals surface area contributed by atoms with E-state index in [1.807, 2.05) is 32.0 Å². The lowest BCUT2D eigenvalue weighted by Crippen LogP contribution is -2.36. The van der Waals surface area contributed by atoms with E-state index in [-0.39, 0.29) is 23.4 Å². The largest absolute Gasteiger partial charge is 0.480 e. The van der Waals surface area contributed by atoms with Crippen LogP contribution in [0, 0.1) is 25.7 Å². The number of amides is 1. The van der Waals surface area contributed by atoms with Crippen LogP contribution in [0.25, 0.3) is 0 Å². The smallest absolute Gasteiger partial charge is 0.415 e. The number of likely N-dealkylation sites (tertiary alicyclic amines) is 1. The maximum absolute atomic E-state index is 13.5. The minimum Gasteiger partial charge on any atom is -0.480 e. The van der Waals surface area contributed by atoms with Gasteiger partial charge in [-0.3, -0.25) is 9.59 Å². The maximum atomic E-state index is 13.5. The first-order valence-electron chi connectivity index (χ1n) is 13.1. The van der Waals surface area contributed by atoms with Crippen LogP contribution < -0.4 is 9.47 Å². The molecule has 1 saturated heterocycles. The molecule has 2 aromatic carbocycles. The van der Waals surface area contributed by atoms with Gasteiger partial charge in [0.25, 0.3) is 0 Å². The van der Waals surface area contributed by atoms with E-state index in [2.05, 4.69) is 12.1 Å². The highest BCUT2D eigenvalue weighted by atomic mass is 35.5. The summed E-state index contributed by atoms with van der Waals surface area (Å²) in [6, 6.07) is 16.6. The Hall–Kier alpha value is -3.16. The van der Waals surface area contributed by atoms with Crippen LogP contribution in [-0.2, 0) is 11.2 Å². The number of carbonyl (C=O) groups is 3. The molecule has 0 bridgehead atoms. The number of thiophene rings is 1. The molecule has 8 heteroatoms. The Morgan fingerprint density at radius 1 is 1.03 bits per heavy atom. The number of halogens is 1. The number of ketones is 2. The van der Waals surface area contributed by atoms with Crippen LogP contribution >= 0.6 is 22.9 Å². The van der Waals surface area contributed by atoms with E-state index < -0.39 is 11.7 Å². The first kappa shape index (κ1) is 28.8. The van der Waals surface area contributed by atoms with Crippen molar-refractivity contribution in [2.45, 2.75) is 53.1 Å².